The fourth-order valence-corrected chi connectivity index (χ4v) is 2.81. The summed E-state index contributed by atoms with van der Waals surface area (Å²) in [6.45, 7) is 3.54. The van der Waals surface area contributed by atoms with E-state index < -0.39 is 0 Å². The molecule has 1 fully saturated rings. The van der Waals surface area contributed by atoms with Crippen LogP contribution in [0.5, 0.6) is 5.75 Å². The molecule has 0 aromatic heterocycles. The Balaban J connectivity index is 1.78. The molecule has 108 valence electrons. The first-order chi connectivity index (χ1) is 9.67. The molecule has 2 heterocycles. The van der Waals surface area contributed by atoms with Crippen molar-refractivity contribution < 1.29 is 19.4 Å². The fourth-order valence-electron chi connectivity index (χ4n) is 2.81. The number of carbonyl (C=O) groups excluding carboxylic acids is 1. The first-order valence-corrected chi connectivity index (χ1v) is 6.98. The summed E-state index contributed by atoms with van der Waals surface area (Å²) >= 11 is 0. The maximum Gasteiger partial charge on any atom is 0.254 e. The highest BCUT2D eigenvalue weighted by Crippen LogP contribution is 2.26. The molecule has 2 unspecified atom stereocenters. The van der Waals surface area contributed by atoms with Crippen LogP contribution in [0.2, 0.25) is 0 Å². The zero-order valence-corrected chi connectivity index (χ0v) is 11.5. The van der Waals surface area contributed by atoms with Crippen molar-refractivity contribution in [2.24, 2.45) is 0 Å². The Morgan fingerprint density at radius 2 is 2.30 bits per heavy atom. The summed E-state index contributed by atoms with van der Waals surface area (Å²) in [6, 6.07) is 5.59. The van der Waals surface area contributed by atoms with E-state index in [2.05, 4.69) is 0 Å². The van der Waals surface area contributed by atoms with Crippen molar-refractivity contribution in [3.8, 4) is 5.75 Å². The molecule has 3 rings (SSSR count). The van der Waals surface area contributed by atoms with Gasteiger partial charge in [-0.3, -0.25) is 4.79 Å². The normalized spacial score (nSPS) is 25.2. The lowest BCUT2D eigenvalue weighted by Crippen LogP contribution is -2.50. The van der Waals surface area contributed by atoms with Crippen molar-refractivity contribution in [3.05, 3.63) is 29.3 Å². The Morgan fingerprint density at radius 1 is 1.45 bits per heavy atom. The van der Waals surface area contributed by atoms with Crippen molar-refractivity contribution in [1.29, 1.82) is 0 Å². The molecule has 1 aromatic rings. The summed E-state index contributed by atoms with van der Waals surface area (Å²) in [5.41, 5.74) is 1.77. The van der Waals surface area contributed by atoms with E-state index in [1.54, 1.807) is 11.0 Å². The van der Waals surface area contributed by atoms with Gasteiger partial charge in [0.25, 0.3) is 5.91 Å². The average molecular weight is 277 g/mol. The van der Waals surface area contributed by atoms with Crippen molar-refractivity contribution in [1.82, 2.24) is 4.90 Å². The summed E-state index contributed by atoms with van der Waals surface area (Å²) in [5.74, 6) is 0.874. The van der Waals surface area contributed by atoms with Crippen LogP contribution in [0.1, 0.15) is 22.8 Å². The van der Waals surface area contributed by atoms with Crippen molar-refractivity contribution in [3.63, 3.8) is 0 Å². The highest BCUT2D eigenvalue weighted by molar-refractivity contribution is 5.94. The van der Waals surface area contributed by atoms with Crippen molar-refractivity contribution in [2.75, 3.05) is 26.3 Å². The van der Waals surface area contributed by atoms with Gasteiger partial charge in [-0.25, -0.2) is 0 Å². The largest absolute Gasteiger partial charge is 0.493 e. The molecule has 2 atom stereocenters. The lowest BCUT2D eigenvalue weighted by Gasteiger charge is -2.36. The molecular formula is C15H19NO4. The van der Waals surface area contributed by atoms with Crippen LogP contribution in [-0.2, 0) is 11.2 Å². The zero-order chi connectivity index (χ0) is 14.1. The number of benzene rings is 1. The number of rotatable bonds is 2. The number of nitrogens with zero attached hydrogens (tertiary/aromatic N) is 1. The van der Waals surface area contributed by atoms with Gasteiger partial charge in [0.05, 0.1) is 25.4 Å². The number of morpholine rings is 1. The fraction of sp³-hybridized carbons (Fsp3) is 0.533. The van der Waals surface area contributed by atoms with Gasteiger partial charge in [-0.2, -0.15) is 0 Å². The maximum absolute atomic E-state index is 12.6. The van der Waals surface area contributed by atoms with Crippen LogP contribution in [0.15, 0.2) is 18.2 Å². The molecular weight excluding hydrogens is 258 g/mol. The number of amides is 1. The minimum absolute atomic E-state index is 0.00620. The Labute approximate surface area is 118 Å². The highest BCUT2D eigenvalue weighted by atomic mass is 16.5. The number of aliphatic hydroxyl groups excluding tert-OH is 1. The van der Waals surface area contributed by atoms with Gasteiger partial charge in [0.1, 0.15) is 5.75 Å². The Bertz CT molecular complexity index is 517. The molecule has 5 heteroatoms. The molecule has 5 nitrogen and oxygen atoms in total. The van der Waals surface area contributed by atoms with Gasteiger partial charge < -0.3 is 19.5 Å². The van der Waals surface area contributed by atoms with E-state index in [4.69, 9.17) is 9.47 Å². The van der Waals surface area contributed by atoms with Crippen LogP contribution < -0.4 is 4.74 Å². The molecule has 0 spiro atoms. The van der Waals surface area contributed by atoms with Crippen LogP contribution in [0.3, 0.4) is 0 Å². The molecule has 1 saturated heterocycles. The second-order valence-corrected chi connectivity index (χ2v) is 5.38. The van der Waals surface area contributed by atoms with Crippen LogP contribution in [0, 0.1) is 0 Å². The second-order valence-electron chi connectivity index (χ2n) is 5.38. The summed E-state index contributed by atoms with van der Waals surface area (Å²) in [6.07, 6.45) is 0.512. The predicted octanol–water partition coefficient (Wildman–Crippen LogP) is 0.843. The van der Waals surface area contributed by atoms with Gasteiger partial charge in [0.15, 0.2) is 0 Å². The second kappa shape index (κ2) is 5.42. The molecule has 1 aromatic carbocycles. The minimum Gasteiger partial charge on any atom is -0.493 e. The lowest BCUT2D eigenvalue weighted by molar-refractivity contribution is -0.0858. The first-order valence-electron chi connectivity index (χ1n) is 6.98. The molecule has 0 bridgehead atoms. The molecule has 1 N–H and O–H groups in total. The summed E-state index contributed by atoms with van der Waals surface area (Å²) in [5, 5.41) is 9.23. The quantitative estimate of drug-likeness (QED) is 0.870. The van der Waals surface area contributed by atoms with Gasteiger partial charge in [-0.05, 0) is 30.7 Å². The maximum atomic E-state index is 12.6. The molecule has 2 aliphatic rings. The Morgan fingerprint density at radius 3 is 3.10 bits per heavy atom. The van der Waals surface area contributed by atoms with Gasteiger partial charge in [0.2, 0.25) is 0 Å². The van der Waals surface area contributed by atoms with E-state index in [9.17, 15) is 9.90 Å². The Hall–Kier alpha value is -1.59. The topological polar surface area (TPSA) is 59.0 Å². The van der Waals surface area contributed by atoms with E-state index >= 15 is 0 Å². The Kier molecular flexibility index (Phi) is 3.63. The number of hydrogen-bond donors (Lipinski definition) is 1. The molecule has 1 amide bonds. The molecule has 0 aliphatic carbocycles. The van der Waals surface area contributed by atoms with E-state index in [-0.39, 0.29) is 24.7 Å². The smallest absolute Gasteiger partial charge is 0.254 e. The standard InChI is InChI=1S/C15H19NO4/c1-10-7-16(8-13(9-17)20-10)15(18)12-2-3-14-11(6-12)4-5-19-14/h2-3,6,10,13,17H,4-5,7-9H2,1H3. The molecule has 2 aliphatic heterocycles. The summed E-state index contributed by atoms with van der Waals surface area (Å²) < 4.78 is 11.0. The van der Waals surface area contributed by atoms with Gasteiger partial charge >= 0.3 is 0 Å². The third-order valence-corrected chi connectivity index (χ3v) is 3.75. The molecule has 20 heavy (non-hydrogen) atoms. The van der Waals surface area contributed by atoms with Crippen molar-refractivity contribution >= 4 is 5.91 Å². The van der Waals surface area contributed by atoms with Gasteiger partial charge in [-0.1, -0.05) is 0 Å². The zero-order valence-electron chi connectivity index (χ0n) is 11.5. The van der Waals surface area contributed by atoms with E-state index in [1.807, 2.05) is 19.1 Å². The number of carbonyl (C=O) groups is 1. The monoisotopic (exact) mass is 277 g/mol. The first kappa shape index (κ1) is 13.4. The highest BCUT2D eigenvalue weighted by Gasteiger charge is 2.29. The summed E-state index contributed by atoms with van der Waals surface area (Å²) in [4.78, 5) is 14.3. The SMILES string of the molecule is CC1CN(C(=O)c2ccc3c(c2)CCO3)CC(CO)O1. The van der Waals surface area contributed by atoms with Gasteiger partial charge in [-0.15, -0.1) is 0 Å². The molecule has 0 radical (unpaired) electrons. The number of fused-ring (bicyclic) bond motifs is 1. The van der Waals surface area contributed by atoms with Crippen LogP contribution >= 0.6 is 0 Å². The van der Waals surface area contributed by atoms with Crippen LogP contribution in [-0.4, -0.2) is 54.4 Å². The number of ether oxygens (including phenoxy) is 2. The van der Waals surface area contributed by atoms with Crippen LogP contribution in [0.25, 0.3) is 0 Å². The predicted molar refractivity (Wildman–Crippen MR) is 73.0 cm³/mol. The van der Waals surface area contributed by atoms with Crippen molar-refractivity contribution in [2.45, 2.75) is 25.6 Å². The third-order valence-electron chi connectivity index (χ3n) is 3.75. The third kappa shape index (κ3) is 2.51. The van der Waals surface area contributed by atoms with Crippen LogP contribution in [0.4, 0.5) is 0 Å². The van der Waals surface area contributed by atoms with E-state index in [1.165, 1.54) is 0 Å². The van der Waals surface area contributed by atoms with Gasteiger partial charge in [0, 0.05) is 25.1 Å². The molecule has 0 saturated carbocycles. The lowest BCUT2D eigenvalue weighted by atomic mass is 10.1. The van der Waals surface area contributed by atoms with E-state index in [0.29, 0.717) is 25.3 Å². The number of hydrogen-bond acceptors (Lipinski definition) is 4. The summed E-state index contributed by atoms with van der Waals surface area (Å²) in [7, 11) is 0. The number of aliphatic hydroxyl groups is 1. The minimum atomic E-state index is -0.291. The van der Waals surface area contributed by atoms with E-state index in [0.717, 1.165) is 17.7 Å². The average Bonchev–Trinajstić information content (AvgIpc) is 2.93.